The Labute approximate surface area is 86.9 Å². The molecule has 0 radical (unpaired) electrons. The molecule has 0 aromatic carbocycles. The number of nitrogens with zero attached hydrogens (tertiary/aromatic N) is 1. The minimum Gasteiger partial charge on any atom is -0.347 e. The highest BCUT2D eigenvalue weighted by molar-refractivity contribution is 5.85. The number of hydrogen-bond acceptors (Lipinski definition) is 2. The van der Waals surface area contributed by atoms with Crippen LogP contribution in [0.2, 0.25) is 0 Å². The predicted molar refractivity (Wildman–Crippen MR) is 58.1 cm³/mol. The summed E-state index contributed by atoms with van der Waals surface area (Å²) in [6.07, 6.45) is 2.61. The molecule has 1 unspecified atom stereocenters. The van der Waals surface area contributed by atoms with Crippen molar-refractivity contribution in [2.45, 2.75) is 45.2 Å². The van der Waals surface area contributed by atoms with Gasteiger partial charge in [0, 0.05) is 20.1 Å². The van der Waals surface area contributed by atoms with E-state index >= 15 is 0 Å². The molecule has 1 aliphatic rings. The van der Waals surface area contributed by atoms with Gasteiger partial charge in [0.15, 0.2) is 0 Å². The monoisotopic (exact) mass is 198 g/mol. The second-order valence-corrected chi connectivity index (χ2v) is 5.10. The van der Waals surface area contributed by atoms with Crippen LogP contribution in [0.3, 0.4) is 0 Å². The second kappa shape index (κ2) is 3.89. The quantitative estimate of drug-likeness (QED) is 0.737. The molecule has 3 heteroatoms. The summed E-state index contributed by atoms with van der Waals surface area (Å²) in [5.41, 5.74) is -0.439. The van der Waals surface area contributed by atoms with E-state index in [4.69, 9.17) is 0 Å². The van der Waals surface area contributed by atoms with E-state index < -0.39 is 5.54 Å². The summed E-state index contributed by atoms with van der Waals surface area (Å²) in [7, 11) is 3.60. The van der Waals surface area contributed by atoms with Crippen molar-refractivity contribution >= 4 is 5.91 Å². The van der Waals surface area contributed by atoms with E-state index in [1.807, 2.05) is 13.8 Å². The molecule has 14 heavy (non-hydrogen) atoms. The smallest absolute Gasteiger partial charge is 0.241 e. The van der Waals surface area contributed by atoms with Crippen molar-refractivity contribution in [2.24, 2.45) is 5.92 Å². The first-order valence-corrected chi connectivity index (χ1v) is 5.34. The highest BCUT2D eigenvalue weighted by Gasteiger charge is 2.35. The van der Waals surface area contributed by atoms with Crippen LogP contribution in [0.4, 0.5) is 0 Å². The topological polar surface area (TPSA) is 32.3 Å². The van der Waals surface area contributed by atoms with Crippen molar-refractivity contribution in [1.29, 1.82) is 0 Å². The van der Waals surface area contributed by atoms with Crippen LogP contribution in [0.15, 0.2) is 0 Å². The zero-order valence-electron chi connectivity index (χ0n) is 9.92. The van der Waals surface area contributed by atoms with Gasteiger partial charge >= 0.3 is 0 Å². The number of nitrogens with one attached hydrogen (secondary N) is 1. The molecule has 82 valence electrons. The van der Waals surface area contributed by atoms with Crippen molar-refractivity contribution in [3.8, 4) is 0 Å². The number of likely N-dealkylation sites (N-methyl/N-ethyl adjacent to an activating group) is 1. The lowest BCUT2D eigenvalue weighted by Gasteiger charge is -2.31. The highest BCUT2D eigenvalue weighted by atomic mass is 16.2. The Morgan fingerprint density at radius 1 is 1.43 bits per heavy atom. The van der Waals surface area contributed by atoms with E-state index in [0.717, 1.165) is 5.92 Å². The van der Waals surface area contributed by atoms with E-state index in [-0.39, 0.29) is 5.91 Å². The van der Waals surface area contributed by atoms with Gasteiger partial charge in [-0.25, -0.2) is 0 Å². The van der Waals surface area contributed by atoms with Crippen molar-refractivity contribution in [3.05, 3.63) is 0 Å². The number of carbonyl (C=O) groups excluding carboxylic acids is 1. The van der Waals surface area contributed by atoms with Crippen molar-refractivity contribution in [1.82, 2.24) is 10.2 Å². The Morgan fingerprint density at radius 2 is 1.93 bits per heavy atom. The van der Waals surface area contributed by atoms with E-state index in [1.165, 1.54) is 12.8 Å². The Kier molecular flexibility index (Phi) is 3.20. The zero-order chi connectivity index (χ0) is 10.9. The van der Waals surface area contributed by atoms with Crippen LogP contribution in [0.5, 0.6) is 0 Å². The van der Waals surface area contributed by atoms with Gasteiger partial charge in [-0.1, -0.05) is 0 Å². The largest absolute Gasteiger partial charge is 0.347 e. The van der Waals surface area contributed by atoms with E-state index in [2.05, 4.69) is 12.2 Å². The van der Waals surface area contributed by atoms with Crippen molar-refractivity contribution in [3.63, 3.8) is 0 Å². The zero-order valence-corrected chi connectivity index (χ0v) is 9.92. The van der Waals surface area contributed by atoms with E-state index in [0.29, 0.717) is 6.04 Å². The number of hydrogen-bond donors (Lipinski definition) is 1. The molecule has 1 aliphatic carbocycles. The molecule has 1 N–H and O–H groups in total. The molecular weight excluding hydrogens is 176 g/mol. The average Bonchev–Trinajstić information content (AvgIpc) is 2.83. The maximum absolute atomic E-state index is 11.8. The van der Waals surface area contributed by atoms with Gasteiger partial charge in [0.05, 0.1) is 5.54 Å². The third kappa shape index (κ3) is 2.71. The Morgan fingerprint density at radius 3 is 2.29 bits per heavy atom. The van der Waals surface area contributed by atoms with Gasteiger partial charge < -0.3 is 10.2 Å². The fourth-order valence-corrected chi connectivity index (χ4v) is 1.90. The van der Waals surface area contributed by atoms with E-state index in [1.54, 1.807) is 19.0 Å². The maximum atomic E-state index is 11.8. The summed E-state index contributed by atoms with van der Waals surface area (Å²) in [6.45, 7) is 6.07. The summed E-state index contributed by atoms with van der Waals surface area (Å²) in [4.78, 5) is 13.5. The molecule has 0 saturated heterocycles. The molecule has 1 atom stereocenters. The molecule has 0 aliphatic heterocycles. The molecule has 0 heterocycles. The number of amides is 1. The van der Waals surface area contributed by atoms with Gasteiger partial charge in [-0.05, 0) is 39.5 Å². The molecule has 0 aromatic heterocycles. The van der Waals surface area contributed by atoms with Gasteiger partial charge in [-0.15, -0.1) is 0 Å². The Balaban J connectivity index is 2.50. The minimum atomic E-state index is -0.439. The van der Waals surface area contributed by atoms with Crippen LogP contribution >= 0.6 is 0 Å². The van der Waals surface area contributed by atoms with E-state index in [9.17, 15) is 4.79 Å². The fourth-order valence-electron chi connectivity index (χ4n) is 1.90. The van der Waals surface area contributed by atoms with Gasteiger partial charge in [0.25, 0.3) is 0 Å². The molecular formula is C11H22N2O. The molecule has 0 aromatic rings. The predicted octanol–water partition coefficient (Wildman–Crippen LogP) is 1.24. The van der Waals surface area contributed by atoms with Crippen LogP contribution in [0, 0.1) is 5.92 Å². The summed E-state index contributed by atoms with van der Waals surface area (Å²) >= 11 is 0. The number of rotatable bonds is 4. The van der Waals surface area contributed by atoms with Crippen LogP contribution in [0.25, 0.3) is 0 Å². The van der Waals surface area contributed by atoms with Gasteiger partial charge in [-0.3, -0.25) is 4.79 Å². The standard InChI is InChI=1S/C11H22N2O/c1-8(9-6-7-9)12-11(2,3)10(14)13(4)5/h8-9,12H,6-7H2,1-5H3. The molecule has 1 rings (SSSR count). The minimum absolute atomic E-state index is 0.144. The molecule has 1 amide bonds. The Bertz CT molecular complexity index is 219. The summed E-state index contributed by atoms with van der Waals surface area (Å²) in [6, 6.07) is 0.453. The fraction of sp³-hybridized carbons (Fsp3) is 0.909. The number of carbonyl (C=O) groups is 1. The van der Waals surface area contributed by atoms with Crippen LogP contribution in [-0.4, -0.2) is 36.5 Å². The second-order valence-electron chi connectivity index (χ2n) is 5.10. The first-order valence-electron chi connectivity index (χ1n) is 5.34. The summed E-state index contributed by atoms with van der Waals surface area (Å²) < 4.78 is 0. The Hall–Kier alpha value is -0.570. The highest BCUT2D eigenvalue weighted by Crippen LogP contribution is 2.33. The van der Waals surface area contributed by atoms with Crippen molar-refractivity contribution in [2.75, 3.05) is 14.1 Å². The van der Waals surface area contributed by atoms with Crippen LogP contribution < -0.4 is 5.32 Å². The SMILES string of the molecule is CC(NC(C)(C)C(=O)N(C)C)C1CC1. The summed E-state index contributed by atoms with van der Waals surface area (Å²) in [5, 5.41) is 3.41. The normalized spacial score (nSPS) is 19.2. The van der Waals surface area contributed by atoms with Crippen LogP contribution in [0.1, 0.15) is 33.6 Å². The summed E-state index contributed by atoms with van der Waals surface area (Å²) in [5.74, 6) is 0.925. The molecule has 3 nitrogen and oxygen atoms in total. The average molecular weight is 198 g/mol. The lowest BCUT2D eigenvalue weighted by Crippen LogP contribution is -2.55. The molecule has 1 saturated carbocycles. The third-order valence-corrected chi connectivity index (χ3v) is 2.86. The third-order valence-electron chi connectivity index (χ3n) is 2.86. The lowest BCUT2D eigenvalue weighted by atomic mass is 10.0. The van der Waals surface area contributed by atoms with Gasteiger partial charge in [-0.2, -0.15) is 0 Å². The van der Waals surface area contributed by atoms with Gasteiger partial charge in [0.1, 0.15) is 0 Å². The van der Waals surface area contributed by atoms with Crippen LogP contribution in [-0.2, 0) is 4.79 Å². The van der Waals surface area contributed by atoms with Gasteiger partial charge in [0.2, 0.25) is 5.91 Å². The lowest BCUT2D eigenvalue weighted by molar-refractivity contribution is -0.134. The maximum Gasteiger partial charge on any atom is 0.241 e. The molecule has 1 fully saturated rings. The molecule has 0 spiro atoms. The first kappa shape index (κ1) is 11.5. The molecule has 0 bridgehead atoms. The van der Waals surface area contributed by atoms with Crippen molar-refractivity contribution < 1.29 is 4.79 Å². The first-order chi connectivity index (χ1) is 6.34.